The van der Waals surface area contributed by atoms with Gasteiger partial charge >= 0.3 is 0 Å². The molecule has 0 fully saturated rings. The molecule has 1 heterocycles. The lowest BCUT2D eigenvalue weighted by Crippen LogP contribution is -2.05. The molecule has 0 aliphatic rings. The van der Waals surface area contributed by atoms with Crippen LogP contribution in [0.1, 0.15) is 24.2 Å². The van der Waals surface area contributed by atoms with Crippen molar-refractivity contribution in [2.24, 2.45) is 5.73 Å². The molecular weight excluding hydrogens is 209 g/mol. The summed E-state index contributed by atoms with van der Waals surface area (Å²) in [4.78, 5) is 3.82. The van der Waals surface area contributed by atoms with E-state index in [1.807, 2.05) is 19.1 Å². The summed E-state index contributed by atoms with van der Waals surface area (Å²) in [5.41, 5.74) is 6.96. The first kappa shape index (κ1) is 14.7. The number of rotatable bonds is 1. The van der Waals surface area contributed by atoms with Crippen LogP contribution in [0.25, 0.3) is 0 Å². The first-order chi connectivity index (χ1) is 5.24. The number of hydrogen-bond acceptors (Lipinski definition) is 3. The van der Waals surface area contributed by atoms with Gasteiger partial charge in [-0.1, -0.05) is 0 Å². The predicted octanol–water partition coefficient (Wildman–Crippen LogP) is 1.82. The largest absolute Gasteiger partial charge is 0.324 e. The second kappa shape index (κ2) is 6.67. The zero-order valence-electron chi connectivity index (χ0n) is 7.10. The van der Waals surface area contributed by atoms with Gasteiger partial charge in [0.15, 0.2) is 0 Å². The van der Waals surface area contributed by atoms with Crippen molar-refractivity contribution >= 4 is 24.8 Å². The maximum atomic E-state index is 8.49. The second-order valence-corrected chi connectivity index (χ2v) is 2.37. The summed E-state index contributed by atoms with van der Waals surface area (Å²) in [6, 6.07) is 5.43. The molecule has 3 nitrogen and oxygen atoms in total. The summed E-state index contributed by atoms with van der Waals surface area (Å²) in [5.74, 6) is 0. The van der Waals surface area contributed by atoms with E-state index in [-0.39, 0.29) is 30.9 Å². The molecule has 0 bridgehead atoms. The van der Waals surface area contributed by atoms with Gasteiger partial charge in [-0.2, -0.15) is 5.26 Å². The molecule has 2 N–H and O–H groups in total. The molecule has 0 aromatic carbocycles. The smallest absolute Gasteiger partial charge is 0.140 e. The lowest BCUT2D eigenvalue weighted by Gasteiger charge is -2.03. The van der Waals surface area contributed by atoms with Crippen LogP contribution in [0.15, 0.2) is 18.3 Å². The monoisotopic (exact) mass is 219 g/mol. The molecule has 72 valence electrons. The van der Waals surface area contributed by atoms with Crippen LogP contribution in [0.4, 0.5) is 0 Å². The lowest BCUT2D eigenvalue weighted by atomic mass is 10.1. The summed E-state index contributed by atoms with van der Waals surface area (Å²) < 4.78 is 0. The van der Waals surface area contributed by atoms with E-state index in [1.54, 1.807) is 12.3 Å². The van der Waals surface area contributed by atoms with Gasteiger partial charge in [0.2, 0.25) is 0 Å². The summed E-state index contributed by atoms with van der Waals surface area (Å²) in [5, 5.41) is 8.49. The third kappa shape index (κ3) is 4.09. The van der Waals surface area contributed by atoms with Crippen LogP contribution in [0, 0.1) is 11.3 Å². The molecule has 1 unspecified atom stereocenters. The Bertz CT molecular complexity index is 294. The highest BCUT2D eigenvalue weighted by Gasteiger charge is 1.99. The number of nitriles is 1. The highest BCUT2D eigenvalue weighted by Crippen LogP contribution is 2.08. The van der Waals surface area contributed by atoms with Crippen molar-refractivity contribution in [3.05, 3.63) is 29.6 Å². The van der Waals surface area contributed by atoms with E-state index in [0.717, 1.165) is 5.56 Å². The first-order valence-electron chi connectivity index (χ1n) is 3.35. The molecule has 1 aromatic rings. The van der Waals surface area contributed by atoms with Crippen molar-refractivity contribution < 1.29 is 0 Å². The van der Waals surface area contributed by atoms with Crippen LogP contribution >= 0.6 is 24.8 Å². The van der Waals surface area contributed by atoms with Gasteiger partial charge in [-0.25, -0.2) is 4.98 Å². The van der Waals surface area contributed by atoms with Gasteiger partial charge < -0.3 is 5.73 Å². The van der Waals surface area contributed by atoms with E-state index < -0.39 is 0 Å². The number of hydrogen-bond donors (Lipinski definition) is 1. The second-order valence-electron chi connectivity index (χ2n) is 2.37. The number of nitrogens with two attached hydrogens (primary N) is 1. The third-order valence-corrected chi connectivity index (χ3v) is 1.42. The van der Waals surface area contributed by atoms with E-state index in [0.29, 0.717) is 5.69 Å². The van der Waals surface area contributed by atoms with E-state index in [2.05, 4.69) is 4.98 Å². The Morgan fingerprint density at radius 2 is 2.15 bits per heavy atom. The number of aromatic nitrogens is 1. The van der Waals surface area contributed by atoms with Gasteiger partial charge in [-0.15, -0.1) is 24.8 Å². The fourth-order valence-corrected chi connectivity index (χ4v) is 0.791. The minimum Gasteiger partial charge on any atom is -0.324 e. The molecule has 0 amide bonds. The normalized spacial score (nSPS) is 10.2. The SMILES string of the molecule is CC(N)c1ccnc(C#N)c1.Cl.Cl. The molecule has 1 aromatic heterocycles. The van der Waals surface area contributed by atoms with Crippen LogP contribution in [-0.4, -0.2) is 4.98 Å². The number of pyridine rings is 1. The maximum Gasteiger partial charge on any atom is 0.140 e. The van der Waals surface area contributed by atoms with Crippen LogP contribution in [0.2, 0.25) is 0 Å². The van der Waals surface area contributed by atoms with Gasteiger partial charge in [0.05, 0.1) is 0 Å². The van der Waals surface area contributed by atoms with Gasteiger partial charge in [0, 0.05) is 12.2 Å². The van der Waals surface area contributed by atoms with E-state index >= 15 is 0 Å². The zero-order chi connectivity index (χ0) is 8.27. The van der Waals surface area contributed by atoms with Crippen molar-refractivity contribution in [1.29, 1.82) is 5.26 Å². The van der Waals surface area contributed by atoms with Crippen molar-refractivity contribution in [3.63, 3.8) is 0 Å². The van der Waals surface area contributed by atoms with Gasteiger partial charge in [0.25, 0.3) is 0 Å². The molecule has 0 aliphatic carbocycles. The Labute approximate surface area is 89.8 Å². The van der Waals surface area contributed by atoms with Gasteiger partial charge in [-0.05, 0) is 24.6 Å². The molecule has 0 saturated heterocycles. The minimum atomic E-state index is -0.0369. The fraction of sp³-hybridized carbons (Fsp3) is 0.250. The first-order valence-corrected chi connectivity index (χ1v) is 3.35. The Balaban J connectivity index is 0. The van der Waals surface area contributed by atoms with Crippen LogP contribution in [-0.2, 0) is 0 Å². The number of halogens is 2. The molecule has 0 radical (unpaired) electrons. The Kier molecular flexibility index (Phi) is 7.54. The fourth-order valence-electron chi connectivity index (χ4n) is 0.791. The van der Waals surface area contributed by atoms with Crippen LogP contribution in [0.5, 0.6) is 0 Å². The van der Waals surface area contributed by atoms with Crippen molar-refractivity contribution in [1.82, 2.24) is 4.98 Å². The molecule has 13 heavy (non-hydrogen) atoms. The topological polar surface area (TPSA) is 62.7 Å². The van der Waals surface area contributed by atoms with E-state index in [4.69, 9.17) is 11.0 Å². The summed E-state index contributed by atoms with van der Waals surface area (Å²) in [6.45, 7) is 1.87. The minimum absolute atomic E-state index is 0. The molecule has 5 heteroatoms. The van der Waals surface area contributed by atoms with E-state index in [9.17, 15) is 0 Å². The van der Waals surface area contributed by atoms with Crippen LogP contribution in [0.3, 0.4) is 0 Å². The van der Waals surface area contributed by atoms with Crippen molar-refractivity contribution in [2.45, 2.75) is 13.0 Å². The summed E-state index contributed by atoms with van der Waals surface area (Å²) in [6.07, 6.45) is 1.59. The van der Waals surface area contributed by atoms with Gasteiger partial charge in [-0.3, -0.25) is 0 Å². The Hall–Kier alpha value is -0.820. The van der Waals surface area contributed by atoms with Crippen LogP contribution < -0.4 is 5.73 Å². The summed E-state index contributed by atoms with van der Waals surface area (Å²) in [7, 11) is 0. The highest BCUT2D eigenvalue weighted by atomic mass is 35.5. The average molecular weight is 220 g/mol. The number of nitrogens with zero attached hydrogens (tertiary/aromatic N) is 2. The Morgan fingerprint density at radius 3 is 2.62 bits per heavy atom. The Morgan fingerprint density at radius 1 is 1.54 bits per heavy atom. The quantitative estimate of drug-likeness (QED) is 0.784. The molecule has 0 spiro atoms. The molecule has 1 atom stereocenters. The molecule has 0 saturated carbocycles. The van der Waals surface area contributed by atoms with Gasteiger partial charge in [0.1, 0.15) is 11.8 Å². The van der Waals surface area contributed by atoms with Crippen molar-refractivity contribution in [2.75, 3.05) is 0 Å². The molecule has 0 aliphatic heterocycles. The zero-order valence-corrected chi connectivity index (χ0v) is 8.73. The third-order valence-electron chi connectivity index (χ3n) is 1.42. The standard InChI is InChI=1S/C8H9N3.2ClH/c1-6(10)7-2-3-11-8(4-7)5-9;;/h2-4,6H,10H2,1H3;2*1H. The van der Waals surface area contributed by atoms with Crippen molar-refractivity contribution in [3.8, 4) is 6.07 Å². The molecular formula is C8H11Cl2N3. The molecule has 1 rings (SSSR count). The predicted molar refractivity (Wildman–Crippen MR) is 56.1 cm³/mol. The maximum absolute atomic E-state index is 8.49. The highest BCUT2D eigenvalue weighted by molar-refractivity contribution is 5.85. The van der Waals surface area contributed by atoms with E-state index in [1.165, 1.54) is 0 Å². The average Bonchev–Trinajstić information content (AvgIpc) is 2.05. The lowest BCUT2D eigenvalue weighted by molar-refractivity contribution is 0.814. The summed E-state index contributed by atoms with van der Waals surface area (Å²) >= 11 is 0.